The molecule has 2 rings (SSSR count). The molecule has 1 aliphatic carbocycles. The van der Waals surface area contributed by atoms with Crippen LogP contribution in [0.3, 0.4) is 0 Å². The molecule has 1 heterocycles. The zero-order valence-electron chi connectivity index (χ0n) is 11.5. The van der Waals surface area contributed by atoms with Gasteiger partial charge in [-0.05, 0) is 19.3 Å². The molecule has 1 saturated heterocycles. The number of carbonyl (C=O) groups excluding carboxylic acids is 2. The monoisotopic (exact) mass is 269 g/mol. The van der Waals surface area contributed by atoms with Gasteiger partial charge < -0.3 is 20.3 Å². The SMILES string of the molecule is COCCC(N)C(=O)N1CCN(C(=O)C2CC2)CC1. The van der Waals surface area contributed by atoms with Crippen molar-refractivity contribution in [3.8, 4) is 0 Å². The molecule has 108 valence electrons. The Morgan fingerprint density at radius 3 is 2.32 bits per heavy atom. The quantitative estimate of drug-likeness (QED) is 0.725. The van der Waals surface area contributed by atoms with Crippen LogP contribution in [-0.2, 0) is 14.3 Å². The number of hydrogen-bond acceptors (Lipinski definition) is 4. The standard InChI is InChI=1S/C13H23N3O3/c1-19-9-4-11(14)13(18)16-7-5-15(6-8-16)12(17)10-2-3-10/h10-11H,2-9,14H2,1H3. The summed E-state index contributed by atoms with van der Waals surface area (Å²) < 4.78 is 4.93. The van der Waals surface area contributed by atoms with Crippen LogP contribution in [-0.4, -0.2) is 67.6 Å². The summed E-state index contributed by atoms with van der Waals surface area (Å²) in [4.78, 5) is 27.6. The zero-order chi connectivity index (χ0) is 13.8. The van der Waals surface area contributed by atoms with Crippen LogP contribution in [0.25, 0.3) is 0 Å². The number of methoxy groups -OCH3 is 1. The molecule has 2 N–H and O–H groups in total. The predicted molar refractivity (Wildman–Crippen MR) is 70.4 cm³/mol. The maximum Gasteiger partial charge on any atom is 0.239 e. The summed E-state index contributed by atoms with van der Waals surface area (Å²) in [5, 5.41) is 0. The number of rotatable bonds is 5. The molecule has 0 bridgehead atoms. The summed E-state index contributed by atoms with van der Waals surface area (Å²) in [6.45, 7) is 2.96. The number of hydrogen-bond donors (Lipinski definition) is 1. The van der Waals surface area contributed by atoms with Gasteiger partial charge in [-0.2, -0.15) is 0 Å². The van der Waals surface area contributed by atoms with Gasteiger partial charge in [0, 0.05) is 45.8 Å². The van der Waals surface area contributed by atoms with Crippen molar-refractivity contribution in [2.75, 3.05) is 39.9 Å². The number of nitrogens with two attached hydrogens (primary N) is 1. The molecule has 2 amide bonds. The predicted octanol–water partition coefficient (Wildman–Crippen LogP) is -0.569. The van der Waals surface area contributed by atoms with E-state index in [-0.39, 0.29) is 17.7 Å². The minimum absolute atomic E-state index is 0.0319. The Morgan fingerprint density at radius 2 is 1.79 bits per heavy atom. The van der Waals surface area contributed by atoms with E-state index < -0.39 is 6.04 Å². The van der Waals surface area contributed by atoms with E-state index in [9.17, 15) is 9.59 Å². The summed E-state index contributed by atoms with van der Waals surface area (Å²) in [7, 11) is 1.60. The van der Waals surface area contributed by atoms with Crippen LogP contribution in [0.1, 0.15) is 19.3 Å². The van der Waals surface area contributed by atoms with Gasteiger partial charge in [-0.25, -0.2) is 0 Å². The molecule has 2 fully saturated rings. The Hall–Kier alpha value is -1.14. The van der Waals surface area contributed by atoms with Crippen LogP contribution in [0.2, 0.25) is 0 Å². The third-order valence-electron chi connectivity index (χ3n) is 3.78. The van der Waals surface area contributed by atoms with Gasteiger partial charge >= 0.3 is 0 Å². The molecular formula is C13H23N3O3. The molecule has 1 atom stereocenters. The zero-order valence-corrected chi connectivity index (χ0v) is 11.5. The second-order valence-corrected chi connectivity index (χ2v) is 5.31. The van der Waals surface area contributed by atoms with E-state index >= 15 is 0 Å². The minimum atomic E-state index is -0.495. The van der Waals surface area contributed by atoms with Gasteiger partial charge in [0.1, 0.15) is 0 Å². The third-order valence-corrected chi connectivity index (χ3v) is 3.78. The smallest absolute Gasteiger partial charge is 0.239 e. The van der Waals surface area contributed by atoms with Gasteiger partial charge in [-0.3, -0.25) is 9.59 Å². The Bertz CT molecular complexity index is 336. The van der Waals surface area contributed by atoms with Crippen molar-refractivity contribution in [3.05, 3.63) is 0 Å². The Balaban J connectivity index is 1.75. The van der Waals surface area contributed by atoms with Crippen LogP contribution < -0.4 is 5.73 Å². The van der Waals surface area contributed by atoms with Crippen LogP contribution in [0.5, 0.6) is 0 Å². The summed E-state index contributed by atoms with van der Waals surface area (Å²) in [6, 6.07) is -0.495. The molecule has 6 heteroatoms. The van der Waals surface area contributed by atoms with Crippen molar-refractivity contribution < 1.29 is 14.3 Å². The number of amides is 2. The van der Waals surface area contributed by atoms with Crippen molar-refractivity contribution in [1.29, 1.82) is 0 Å². The lowest BCUT2D eigenvalue weighted by atomic mass is 10.1. The first kappa shape index (κ1) is 14.3. The molecule has 1 saturated carbocycles. The van der Waals surface area contributed by atoms with E-state index in [1.54, 1.807) is 12.0 Å². The van der Waals surface area contributed by atoms with Gasteiger partial charge in [-0.15, -0.1) is 0 Å². The average molecular weight is 269 g/mol. The van der Waals surface area contributed by atoms with E-state index in [0.29, 0.717) is 39.2 Å². The first-order valence-corrected chi connectivity index (χ1v) is 6.95. The van der Waals surface area contributed by atoms with Crippen LogP contribution >= 0.6 is 0 Å². The van der Waals surface area contributed by atoms with Gasteiger partial charge in [0.25, 0.3) is 0 Å². The van der Waals surface area contributed by atoms with Crippen molar-refractivity contribution in [2.45, 2.75) is 25.3 Å². The van der Waals surface area contributed by atoms with Gasteiger partial charge in [0.2, 0.25) is 11.8 Å². The molecule has 1 aliphatic heterocycles. The van der Waals surface area contributed by atoms with E-state index in [0.717, 1.165) is 12.8 Å². The highest BCUT2D eigenvalue weighted by atomic mass is 16.5. The van der Waals surface area contributed by atoms with E-state index in [2.05, 4.69) is 0 Å². The highest BCUT2D eigenvalue weighted by Crippen LogP contribution is 2.31. The minimum Gasteiger partial charge on any atom is -0.385 e. The number of piperazine rings is 1. The number of ether oxygens (including phenoxy) is 1. The lowest BCUT2D eigenvalue weighted by molar-refractivity contribution is -0.141. The van der Waals surface area contributed by atoms with E-state index in [1.165, 1.54) is 0 Å². The van der Waals surface area contributed by atoms with Crippen molar-refractivity contribution >= 4 is 11.8 Å². The topological polar surface area (TPSA) is 75.9 Å². The molecule has 0 aromatic heterocycles. The lowest BCUT2D eigenvalue weighted by Gasteiger charge is -2.36. The van der Waals surface area contributed by atoms with Gasteiger partial charge in [0.05, 0.1) is 6.04 Å². The highest BCUT2D eigenvalue weighted by Gasteiger charge is 2.35. The van der Waals surface area contributed by atoms with Gasteiger partial charge in [-0.1, -0.05) is 0 Å². The van der Waals surface area contributed by atoms with Crippen molar-refractivity contribution in [1.82, 2.24) is 9.80 Å². The summed E-state index contributed by atoms with van der Waals surface area (Å²) in [5.41, 5.74) is 5.84. The third kappa shape index (κ3) is 3.67. The van der Waals surface area contributed by atoms with Crippen molar-refractivity contribution in [2.24, 2.45) is 11.7 Å². The second-order valence-electron chi connectivity index (χ2n) is 5.31. The average Bonchev–Trinajstić information content (AvgIpc) is 3.28. The number of nitrogens with zero attached hydrogens (tertiary/aromatic N) is 2. The fraction of sp³-hybridized carbons (Fsp3) is 0.846. The molecule has 19 heavy (non-hydrogen) atoms. The normalized spacial score (nSPS) is 21.4. The second kappa shape index (κ2) is 6.34. The summed E-state index contributed by atoms with van der Waals surface area (Å²) in [6.07, 6.45) is 2.59. The molecule has 0 spiro atoms. The van der Waals surface area contributed by atoms with Crippen LogP contribution in [0.4, 0.5) is 0 Å². The molecule has 1 unspecified atom stereocenters. The maximum atomic E-state index is 12.1. The fourth-order valence-corrected chi connectivity index (χ4v) is 2.34. The molecule has 6 nitrogen and oxygen atoms in total. The molecule has 0 aromatic carbocycles. The highest BCUT2D eigenvalue weighted by molar-refractivity contribution is 5.83. The van der Waals surface area contributed by atoms with Crippen LogP contribution in [0, 0.1) is 5.92 Å². The maximum absolute atomic E-state index is 12.1. The Labute approximate surface area is 113 Å². The molecule has 0 aromatic rings. The van der Waals surface area contributed by atoms with E-state index in [4.69, 9.17) is 10.5 Å². The molecule has 0 radical (unpaired) electrons. The molecule has 2 aliphatic rings. The first-order valence-electron chi connectivity index (χ1n) is 6.95. The molecular weight excluding hydrogens is 246 g/mol. The van der Waals surface area contributed by atoms with Gasteiger partial charge in [0.15, 0.2) is 0 Å². The lowest BCUT2D eigenvalue weighted by Crippen LogP contribution is -2.54. The Kier molecular flexibility index (Phi) is 4.76. The van der Waals surface area contributed by atoms with E-state index in [1.807, 2.05) is 4.90 Å². The summed E-state index contributed by atoms with van der Waals surface area (Å²) >= 11 is 0. The Morgan fingerprint density at radius 1 is 1.21 bits per heavy atom. The fourth-order valence-electron chi connectivity index (χ4n) is 2.34. The first-order chi connectivity index (χ1) is 9.13. The largest absolute Gasteiger partial charge is 0.385 e. The van der Waals surface area contributed by atoms with Crippen LogP contribution in [0.15, 0.2) is 0 Å². The van der Waals surface area contributed by atoms with Crippen molar-refractivity contribution in [3.63, 3.8) is 0 Å². The summed E-state index contributed by atoms with van der Waals surface area (Å²) in [5.74, 6) is 0.484. The number of carbonyl (C=O) groups is 2.